The molecule has 1 aliphatic carbocycles. The average molecular weight is 836 g/mol. The van der Waals surface area contributed by atoms with E-state index in [2.05, 4.69) is 6.58 Å². The molecule has 3 heterocycles. The second kappa shape index (κ2) is 21.8. The Hall–Kier alpha value is -2.85. The Kier molecular flexibility index (Phi) is 18.0. The second-order valence-electron chi connectivity index (χ2n) is 17.5. The maximum absolute atomic E-state index is 16.2. The third-order valence-corrected chi connectivity index (χ3v) is 13.2. The fraction of sp³-hybridized carbons (Fsp3) is 0.778. The molecule has 0 aromatic rings. The van der Waals surface area contributed by atoms with Crippen LogP contribution in [0.3, 0.4) is 0 Å². The van der Waals surface area contributed by atoms with Gasteiger partial charge in [0.2, 0.25) is 5.79 Å². The van der Waals surface area contributed by atoms with E-state index in [1.54, 1.807) is 46.8 Å². The number of amides is 1. The van der Waals surface area contributed by atoms with Gasteiger partial charge in [-0.1, -0.05) is 45.9 Å². The number of aliphatic hydroxyl groups is 3. The monoisotopic (exact) mass is 835 g/mol. The first-order valence-corrected chi connectivity index (χ1v) is 21.6. The van der Waals surface area contributed by atoms with Crippen molar-refractivity contribution >= 4 is 23.4 Å². The molecule has 0 spiro atoms. The third kappa shape index (κ3) is 11.5. The minimum absolute atomic E-state index is 0.0427. The smallest absolute Gasteiger partial charge is 0.329 e. The number of rotatable bonds is 8. The van der Waals surface area contributed by atoms with Gasteiger partial charge < -0.3 is 43.9 Å². The highest BCUT2D eigenvalue weighted by molar-refractivity contribution is 6.39. The fourth-order valence-corrected chi connectivity index (χ4v) is 9.43. The van der Waals surface area contributed by atoms with Crippen LogP contribution in [0.2, 0.25) is 0 Å². The first-order chi connectivity index (χ1) is 27.9. The zero-order valence-electron chi connectivity index (χ0n) is 36.3. The Balaban J connectivity index is 1.76. The molecule has 14 heteroatoms. The van der Waals surface area contributed by atoms with Crippen LogP contribution in [0, 0.1) is 29.6 Å². The van der Waals surface area contributed by atoms with Crippen LogP contribution in [0.4, 0.5) is 4.39 Å². The molecule has 15 unspecified atom stereocenters. The van der Waals surface area contributed by atoms with Crippen LogP contribution in [-0.4, -0.2) is 132 Å². The van der Waals surface area contributed by atoms with Crippen molar-refractivity contribution in [2.75, 3.05) is 27.4 Å². The zero-order chi connectivity index (χ0) is 43.8. The highest BCUT2D eigenvalue weighted by Gasteiger charge is 2.57. The fourth-order valence-electron chi connectivity index (χ4n) is 9.43. The van der Waals surface area contributed by atoms with Gasteiger partial charge >= 0.3 is 5.97 Å². The van der Waals surface area contributed by atoms with Gasteiger partial charge in [-0.15, -0.1) is 6.58 Å². The van der Waals surface area contributed by atoms with Crippen LogP contribution in [-0.2, 0) is 42.9 Å². The first kappa shape index (κ1) is 48.8. The van der Waals surface area contributed by atoms with Gasteiger partial charge in [0, 0.05) is 44.9 Å². The van der Waals surface area contributed by atoms with E-state index in [0.717, 1.165) is 4.90 Å². The lowest BCUT2D eigenvalue weighted by Crippen LogP contribution is -2.64. The summed E-state index contributed by atoms with van der Waals surface area (Å²) < 4.78 is 45.9. The van der Waals surface area contributed by atoms with Crippen molar-refractivity contribution in [3.63, 3.8) is 0 Å². The van der Waals surface area contributed by atoms with E-state index in [-0.39, 0.29) is 50.0 Å². The van der Waals surface area contributed by atoms with Gasteiger partial charge in [0.1, 0.15) is 30.2 Å². The van der Waals surface area contributed by atoms with Crippen molar-refractivity contribution in [2.45, 2.75) is 166 Å². The Morgan fingerprint density at radius 2 is 1.68 bits per heavy atom. The van der Waals surface area contributed by atoms with Gasteiger partial charge in [-0.25, -0.2) is 9.18 Å². The van der Waals surface area contributed by atoms with E-state index in [4.69, 9.17) is 23.7 Å². The Bertz CT molecular complexity index is 1540. The van der Waals surface area contributed by atoms with Crippen molar-refractivity contribution in [3.05, 3.63) is 36.0 Å². The molecule has 59 heavy (non-hydrogen) atoms. The predicted molar refractivity (Wildman–Crippen MR) is 217 cm³/mol. The summed E-state index contributed by atoms with van der Waals surface area (Å²) in [5.41, 5.74) is 0.916. The molecule has 4 aliphatic rings. The molecule has 2 saturated heterocycles. The number of Topliss-reactive ketones (excluding diaryl/α,β-unsaturated/α-hetero) is 2. The summed E-state index contributed by atoms with van der Waals surface area (Å²) in [7, 11) is 2.87. The average Bonchev–Trinajstić information content (AvgIpc) is 3.22. The number of carbonyl (C=O) groups is 4. The summed E-state index contributed by atoms with van der Waals surface area (Å²) in [6.45, 7) is 14.2. The zero-order valence-corrected chi connectivity index (χ0v) is 36.3. The molecule has 1 amide bonds. The van der Waals surface area contributed by atoms with Crippen LogP contribution >= 0.6 is 0 Å². The number of hydrogen-bond donors (Lipinski definition) is 3. The van der Waals surface area contributed by atoms with Crippen LogP contribution in [0.15, 0.2) is 36.0 Å². The molecule has 0 aromatic carbocycles. The van der Waals surface area contributed by atoms with Gasteiger partial charge in [-0.3, -0.25) is 14.4 Å². The minimum atomic E-state index is -2.61. The summed E-state index contributed by atoms with van der Waals surface area (Å²) in [5, 5.41) is 34.5. The lowest BCUT2D eigenvalue weighted by molar-refractivity contribution is -0.302. The Morgan fingerprint density at radius 1 is 1.00 bits per heavy atom. The van der Waals surface area contributed by atoms with Gasteiger partial charge in [0.15, 0.2) is 0 Å². The summed E-state index contributed by atoms with van der Waals surface area (Å²) in [4.78, 5) is 57.7. The number of allylic oxidation sites excluding steroid dienone is 3. The third-order valence-electron chi connectivity index (χ3n) is 13.2. The predicted octanol–water partition coefficient (Wildman–Crippen LogP) is 4.98. The summed E-state index contributed by atoms with van der Waals surface area (Å²) in [5.74, 6) is -9.25. The van der Waals surface area contributed by atoms with Crippen molar-refractivity contribution in [2.24, 2.45) is 29.6 Å². The number of alkyl halides is 1. The maximum Gasteiger partial charge on any atom is 0.329 e. The molecule has 1 saturated carbocycles. The Morgan fingerprint density at radius 3 is 2.31 bits per heavy atom. The summed E-state index contributed by atoms with van der Waals surface area (Å²) in [6, 6.07) is -1.19. The van der Waals surface area contributed by atoms with Crippen LogP contribution in [0.1, 0.15) is 106 Å². The minimum Gasteiger partial charge on any atom is -0.456 e. The quantitative estimate of drug-likeness (QED) is 0.170. The second-order valence-corrected chi connectivity index (χ2v) is 17.5. The number of ether oxygens (including phenoxy) is 5. The lowest BCUT2D eigenvalue weighted by Gasteiger charge is -2.47. The number of piperidine rings is 1. The van der Waals surface area contributed by atoms with E-state index in [0.29, 0.717) is 56.3 Å². The van der Waals surface area contributed by atoms with Crippen LogP contribution in [0.25, 0.3) is 0 Å². The number of nitrogens with zero attached hydrogens (tertiary/aromatic N) is 1. The molecule has 334 valence electrons. The number of halogens is 1. The molecule has 4 rings (SSSR count). The summed E-state index contributed by atoms with van der Waals surface area (Å²) in [6.07, 6.45) is 0.778. The van der Waals surface area contributed by atoms with E-state index in [9.17, 15) is 34.5 Å². The molecule has 0 radical (unpaired) electrons. The van der Waals surface area contributed by atoms with Crippen molar-refractivity contribution in [1.82, 2.24) is 4.90 Å². The number of esters is 1. The molecule has 3 aliphatic heterocycles. The normalized spacial score (nSPS) is 40.4. The van der Waals surface area contributed by atoms with Gasteiger partial charge in [-0.05, 0) is 94.6 Å². The molecule has 3 N–H and O–H groups in total. The summed E-state index contributed by atoms with van der Waals surface area (Å²) >= 11 is 0. The standard InChI is InChI=1S/C45H70FNO12/c1-10-18-57-36-16-15-30(23-35(36)50)19-27(5)40-29(7)33(48)24-34(49)31(11-2)20-25(3)39(46)26(4)21-37(55-8)41-38(56-9)22-28(6)45(54,59-41)42(51)43(52)47-17-13-12-14-32(47)44(53)58-40/h10,19-20,26,28-33,35-41,48,50,54H,1,11-18,21-24H2,2-9H3. The van der Waals surface area contributed by atoms with Gasteiger partial charge in [0.05, 0.1) is 37.1 Å². The largest absolute Gasteiger partial charge is 0.456 e. The highest BCUT2D eigenvalue weighted by Crippen LogP contribution is 2.39. The Labute approximate surface area is 349 Å². The molecule has 3 fully saturated rings. The molecule has 13 nitrogen and oxygen atoms in total. The SMILES string of the molecule is C=CCOC1CCC(C=C(C)C2OC(=O)C3CCCCN3C(=O)C(=O)C3(O)OC(C(OC)CC(C)C(F)C(C)=CC(CC)C(=O)CC(O)C2C)C(OC)CC3C)CC1O. The van der Waals surface area contributed by atoms with Crippen molar-refractivity contribution < 1.29 is 62.6 Å². The number of aliphatic hydroxyl groups excluding tert-OH is 2. The highest BCUT2D eigenvalue weighted by atomic mass is 19.1. The number of cyclic esters (lactones) is 1. The molecular formula is C45H70FNO12. The van der Waals surface area contributed by atoms with Gasteiger partial charge in [0.25, 0.3) is 11.7 Å². The number of fused-ring (bicyclic) bond motifs is 3. The number of hydrogen-bond acceptors (Lipinski definition) is 12. The first-order valence-electron chi connectivity index (χ1n) is 21.6. The topological polar surface area (TPSA) is 178 Å². The molecule has 15 atom stereocenters. The molecular weight excluding hydrogens is 765 g/mol. The van der Waals surface area contributed by atoms with Crippen LogP contribution < -0.4 is 0 Å². The van der Waals surface area contributed by atoms with Gasteiger partial charge in [-0.2, -0.15) is 0 Å². The van der Waals surface area contributed by atoms with Crippen molar-refractivity contribution in [1.29, 1.82) is 0 Å². The van der Waals surface area contributed by atoms with E-state index in [1.165, 1.54) is 14.2 Å². The van der Waals surface area contributed by atoms with E-state index < -0.39 is 96.0 Å². The number of methoxy groups -OCH3 is 2. The van der Waals surface area contributed by atoms with Crippen molar-refractivity contribution in [3.8, 4) is 0 Å². The molecule has 0 aromatic heterocycles. The number of carbonyl (C=O) groups excluding carboxylic acids is 4. The van der Waals surface area contributed by atoms with Crippen LogP contribution in [0.5, 0.6) is 0 Å². The number of ketones is 2. The maximum atomic E-state index is 16.2. The molecule has 2 bridgehead atoms. The van der Waals surface area contributed by atoms with E-state index >= 15 is 4.39 Å². The lowest BCUT2D eigenvalue weighted by atomic mass is 9.81. The van der Waals surface area contributed by atoms with E-state index in [1.807, 2.05) is 13.0 Å².